The fourth-order valence-corrected chi connectivity index (χ4v) is 2.37. The monoisotopic (exact) mass is 239 g/mol. The predicted octanol–water partition coefficient (Wildman–Crippen LogP) is 3.31. The van der Waals surface area contributed by atoms with Gasteiger partial charge in [-0.05, 0) is 30.9 Å². The summed E-state index contributed by atoms with van der Waals surface area (Å²) in [5, 5.41) is 3.79. The molecule has 88 valence electrons. The average Bonchev–Trinajstić information content (AvgIpc) is 2.32. The molecule has 4 heteroatoms. The zero-order valence-electron chi connectivity index (χ0n) is 9.38. The van der Waals surface area contributed by atoms with Crippen LogP contribution in [0.3, 0.4) is 0 Å². The molecular formula is C12H18ClN3. The SMILES string of the molecule is Nc1ccc(Cl)nc1NCC1CCCCC1. The number of nitrogens with zero attached hydrogens (tertiary/aromatic N) is 1. The molecule has 0 atom stereocenters. The fraction of sp³-hybridized carbons (Fsp3) is 0.583. The quantitative estimate of drug-likeness (QED) is 0.796. The highest BCUT2D eigenvalue weighted by molar-refractivity contribution is 6.29. The van der Waals surface area contributed by atoms with Crippen LogP contribution in [0.2, 0.25) is 5.15 Å². The number of anilines is 2. The molecule has 0 unspecified atom stereocenters. The number of hydrogen-bond donors (Lipinski definition) is 2. The van der Waals surface area contributed by atoms with Crippen LogP contribution in [0.1, 0.15) is 32.1 Å². The van der Waals surface area contributed by atoms with Crippen molar-refractivity contribution in [3.63, 3.8) is 0 Å². The van der Waals surface area contributed by atoms with E-state index in [9.17, 15) is 0 Å². The van der Waals surface area contributed by atoms with Gasteiger partial charge in [-0.2, -0.15) is 0 Å². The molecular weight excluding hydrogens is 222 g/mol. The highest BCUT2D eigenvalue weighted by Crippen LogP contribution is 2.25. The van der Waals surface area contributed by atoms with E-state index in [1.165, 1.54) is 32.1 Å². The predicted molar refractivity (Wildman–Crippen MR) is 68.7 cm³/mol. The minimum Gasteiger partial charge on any atom is -0.396 e. The molecule has 0 spiro atoms. The summed E-state index contributed by atoms with van der Waals surface area (Å²) < 4.78 is 0. The molecule has 0 bridgehead atoms. The summed E-state index contributed by atoms with van der Waals surface area (Å²) in [6.07, 6.45) is 6.71. The number of nitrogens with one attached hydrogen (secondary N) is 1. The summed E-state index contributed by atoms with van der Waals surface area (Å²) in [5.41, 5.74) is 6.49. The zero-order chi connectivity index (χ0) is 11.4. The van der Waals surface area contributed by atoms with E-state index in [-0.39, 0.29) is 0 Å². The Morgan fingerprint density at radius 1 is 1.31 bits per heavy atom. The van der Waals surface area contributed by atoms with Gasteiger partial charge in [0.15, 0.2) is 5.82 Å². The lowest BCUT2D eigenvalue weighted by molar-refractivity contribution is 0.373. The number of aromatic nitrogens is 1. The fourth-order valence-electron chi connectivity index (χ4n) is 2.22. The van der Waals surface area contributed by atoms with E-state index in [2.05, 4.69) is 10.3 Å². The molecule has 0 amide bonds. The normalized spacial score (nSPS) is 17.3. The third-order valence-corrected chi connectivity index (χ3v) is 3.39. The van der Waals surface area contributed by atoms with Crippen molar-refractivity contribution in [2.24, 2.45) is 5.92 Å². The van der Waals surface area contributed by atoms with Gasteiger partial charge in [-0.1, -0.05) is 30.9 Å². The molecule has 1 saturated carbocycles. The van der Waals surface area contributed by atoms with Crippen molar-refractivity contribution in [1.82, 2.24) is 4.98 Å². The van der Waals surface area contributed by atoms with Gasteiger partial charge in [0.25, 0.3) is 0 Å². The molecule has 3 N–H and O–H groups in total. The van der Waals surface area contributed by atoms with Crippen molar-refractivity contribution in [1.29, 1.82) is 0 Å². The van der Waals surface area contributed by atoms with Gasteiger partial charge in [-0.15, -0.1) is 0 Å². The van der Waals surface area contributed by atoms with E-state index in [4.69, 9.17) is 17.3 Å². The molecule has 2 rings (SSSR count). The first-order chi connectivity index (χ1) is 7.75. The van der Waals surface area contributed by atoms with E-state index < -0.39 is 0 Å². The van der Waals surface area contributed by atoms with Gasteiger partial charge in [-0.25, -0.2) is 4.98 Å². The Morgan fingerprint density at radius 2 is 2.06 bits per heavy atom. The van der Waals surface area contributed by atoms with Crippen molar-refractivity contribution >= 4 is 23.1 Å². The molecule has 1 aromatic heterocycles. The van der Waals surface area contributed by atoms with Crippen LogP contribution < -0.4 is 11.1 Å². The van der Waals surface area contributed by atoms with Crippen LogP contribution in [0.15, 0.2) is 12.1 Å². The second-order valence-corrected chi connectivity index (χ2v) is 4.84. The molecule has 1 aliphatic carbocycles. The van der Waals surface area contributed by atoms with Crippen LogP contribution in [0, 0.1) is 5.92 Å². The Bertz CT molecular complexity index is 348. The second-order valence-electron chi connectivity index (χ2n) is 4.46. The van der Waals surface area contributed by atoms with Gasteiger partial charge in [0.05, 0.1) is 5.69 Å². The molecule has 1 aliphatic rings. The van der Waals surface area contributed by atoms with E-state index in [0.29, 0.717) is 10.8 Å². The summed E-state index contributed by atoms with van der Waals surface area (Å²) in [6.45, 7) is 0.956. The first-order valence-electron chi connectivity index (χ1n) is 5.91. The molecule has 1 heterocycles. The third kappa shape index (κ3) is 3.01. The van der Waals surface area contributed by atoms with Gasteiger partial charge in [-0.3, -0.25) is 0 Å². The lowest BCUT2D eigenvalue weighted by atomic mass is 9.89. The maximum Gasteiger partial charge on any atom is 0.150 e. The summed E-state index contributed by atoms with van der Waals surface area (Å²) in [5.74, 6) is 1.48. The van der Waals surface area contributed by atoms with Crippen LogP contribution in [-0.4, -0.2) is 11.5 Å². The summed E-state index contributed by atoms with van der Waals surface area (Å²) >= 11 is 5.83. The van der Waals surface area contributed by atoms with Crippen molar-refractivity contribution in [3.8, 4) is 0 Å². The van der Waals surface area contributed by atoms with Crippen LogP contribution >= 0.6 is 11.6 Å². The van der Waals surface area contributed by atoms with E-state index in [1.54, 1.807) is 12.1 Å². The van der Waals surface area contributed by atoms with Gasteiger partial charge in [0, 0.05) is 6.54 Å². The largest absolute Gasteiger partial charge is 0.396 e. The summed E-state index contributed by atoms with van der Waals surface area (Å²) in [6, 6.07) is 3.50. The van der Waals surface area contributed by atoms with E-state index >= 15 is 0 Å². The Morgan fingerprint density at radius 3 is 2.81 bits per heavy atom. The minimum absolute atomic E-state index is 0.486. The molecule has 0 aromatic carbocycles. The van der Waals surface area contributed by atoms with Gasteiger partial charge in [0.2, 0.25) is 0 Å². The zero-order valence-corrected chi connectivity index (χ0v) is 10.1. The van der Waals surface area contributed by atoms with Crippen molar-refractivity contribution in [2.75, 3.05) is 17.6 Å². The minimum atomic E-state index is 0.486. The lowest BCUT2D eigenvalue weighted by Crippen LogP contribution is -2.18. The lowest BCUT2D eigenvalue weighted by Gasteiger charge is -2.22. The van der Waals surface area contributed by atoms with E-state index in [0.717, 1.165) is 18.3 Å². The Hall–Kier alpha value is -0.960. The molecule has 0 aliphatic heterocycles. The molecule has 0 radical (unpaired) electrons. The second kappa shape index (κ2) is 5.39. The number of halogens is 1. The van der Waals surface area contributed by atoms with Crippen LogP contribution in [0.5, 0.6) is 0 Å². The molecule has 1 aromatic rings. The Kier molecular flexibility index (Phi) is 3.88. The number of rotatable bonds is 3. The third-order valence-electron chi connectivity index (χ3n) is 3.18. The number of nitrogen functional groups attached to an aromatic ring is 1. The summed E-state index contributed by atoms with van der Waals surface area (Å²) in [7, 11) is 0. The van der Waals surface area contributed by atoms with Gasteiger partial charge < -0.3 is 11.1 Å². The maximum absolute atomic E-state index is 5.83. The maximum atomic E-state index is 5.83. The van der Waals surface area contributed by atoms with E-state index in [1.807, 2.05) is 0 Å². The number of pyridine rings is 1. The summed E-state index contributed by atoms with van der Waals surface area (Å²) in [4.78, 5) is 4.19. The molecule has 1 fully saturated rings. The first kappa shape index (κ1) is 11.5. The number of hydrogen-bond acceptors (Lipinski definition) is 3. The Balaban J connectivity index is 1.90. The standard InChI is InChI=1S/C12H18ClN3/c13-11-7-6-10(14)12(16-11)15-8-9-4-2-1-3-5-9/h6-7,9H,1-5,8,14H2,(H,15,16). The van der Waals surface area contributed by atoms with Crippen LogP contribution in [0.25, 0.3) is 0 Å². The van der Waals surface area contributed by atoms with Crippen LogP contribution in [0.4, 0.5) is 11.5 Å². The molecule has 16 heavy (non-hydrogen) atoms. The van der Waals surface area contributed by atoms with Crippen molar-refractivity contribution < 1.29 is 0 Å². The Labute approximate surface area is 101 Å². The number of nitrogens with two attached hydrogens (primary N) is 1. The van der Waals surface area contributed by atoms with Gasteiger partial charge in [0.1, 0.15) is 5.15 Å². The smallest absolute Gasteiger partial charge is 0.150 e. The average molecular weight is 240 g/mol. The van der Waals surface area contributed by atoms with Gasteiger partial charge >= 0.3 is 0 Å². The van der Waals surface area contributed by atoms with Crippen molar-refractivity contribution in [2.45, 2.75) is 32.1 Å². The molecule has 3 nitrogen and oxygen atoms in total. The highest BCUT2D eigenvalue weighted by atomic mass is 35.5. The molecule has 0 saturated heterocycles. The highest BCUT2D eigenvalue weighted by Gasteiger charge is 2.13. The van der Waals surface area contributed by atoms with Crippen molar-refractivity contribution in [3.05, 3.63) is 17.3 Å². The first-order valence-corrected chi connectivity index (χ1v) is 6.29. The topological polar surface area (TPSA) is 50.9 Å². The van der Waals surface area contributed by atoms with Crippen LogP contribution in [-0.2, 0) is 0 Å².